The molecule has 0 aliphatic rings. The molecule has 1 aromatic rings. The number of benzene rings is 1. The van der Waals surface area contributed by atoms with Crippen LogP contribution < -0.4 is 24.8 Å². The van der Waals surface area contributed by atoms with Gasteiger partial charge >= 0.3 is 0 Å². The van der Waals surface area contributed by atoms with E-state index >= 15 is 0 Å². The van der Waals surface area contributed by atoms with E-state index in [4.69, 9.17) is 0 Å². The van der Waals surface area contributed by atoms with E-state index in [1.807, 2.05) is 18.2 Å². The predicted molar refractivity (Wildman–Crippen MR) is 53.9 cm³/mol. The van der Waals surface area contributed by atoms with E-state index < -0.39 is 0 Å². The Labute approximate surface area is 128 Å². The molecule has 0 spiro atoms. The van der Waals surface area contributed by atoms with Crippen molar-refractivity contribution >= 4 is 5.91 Å². The van der Waals surface area contributed by atoms with Gasteiger partial charge in [0.05, 0.1) is 5.91 Å². The van der Waals surface area contributed by atoms with Gasteiger partial charge in [-0.25, -0.2) is 0 Å². The van der Waals surface area contributed by atoms with Crippen molar-refractivity contribution in [3.05, 3.63) is 41.2 Å². The van der Waals surface area contributed by atoms with E-state index in [2.05, 4.69) is 12.2 Å². The average Bonchev–Trinajstić information content (AvgIpc) is 2.19. The third kappa shape index (κ3) is 8.31. The van der Waals surface area contributed by atoms with Crippen LogP contribution in [0, 0.1) is 0 Å². The van der Waals surface area contributed by atoms with E-state index in [9.17, 15) is 4.79 Å². The summed E-state index contributed by atoms with van der Waals surface area (Å²) < 4.78 is 0. The molecule has 90 valence electrons. The van der Waals surface area contributed by atoms with Gasteiger partial charge in [0.1, 0.15) is 0 Å². The van der Waals surface area contributed by atoms with Crippen molar-refractivity contribution in [1.29, 1.82) is 0 Å². The van der Waals surface area contributed by atoms with Crippen LogP contribution in [0.4, 0.5) is 0 Å². The van der Waals surface area contributed by atoms with E-state index in [1.165, 1.54) is 0 Å². The summed E-state index contributed by atoms with van der Waals surface area (Å²) in [5.41, 5.74) is 0.679. The third-order valence-corrected chi connectivity index (χ3v) is 1.79. The Morgan fingerprint density at radius 2 is 1.75 bits per heavy atom. The van der Waals surface area contributed by atoms with Crippen LogP contribution in [-0.4, -0.2) is 12.5 Å². The Balaban J connectivity index is -0.000000563. The van der Waals surface area contributed by atoms with E-state index in [0.717, 1.165) is 12.8 Å². The second kappa shape index (κ2) is 13.2. The summed E-state index contributed by atoms with van der Waals surface area (Å²) in [4.78, 5) is 11.4. The zero-order chi connectivity index (χ0) is 9.52. The van der Waals surface area contributed by atoms with Gasteiger partial charge in [0, 0.05) is 25.8 Å². The molecule has 0 aliphatic carbocycles. The van der Waals surface area contributed by atoms with Crippen molar-refractivity contribution in [1.82, 2.24) is 0 Å². The number of carbonyl (C=O) groups is 1. The normalized spacial score (nSPS) is 7.81. The molecule has 0 bridgehead atoms. The minimum atomic E-state index is -0.103. The minimum Gasteiger partial charge on any atom is -1.00 e. The largest absolute Gasteiger partial charge is 1.00 e. The van der Waals surface area contributed by atoms with Gasteiger partial charge in [0.2, 0.25) is 0 Å². The molecule has 16 heavy (non-hydrogen) atoms. The quantitative estimate of drug-likeness (QED) is 0.374. The maximum absolute atomic E-state index is 11.4. The first-order chi connectivity index (χ1) is 6.34. The molecule has 1 rings (SSSR count). The Kier molecular flexibility index (Phi) is 17.7. The molecule has 2 nitrogen and oxygen atoms in total. The fourth-order valence-electron chi connectivity index (χ4n) is 1.01. The summed E-state index contributed by atoms with van der Waals surface area (Å²) in [6.07, 6.45) is 2.06. The number of hydrogen-bond acceptors (Lipinski definition) is 1. The van der Waals surface area contributed by atoms with Crippen LogP contribution in [0.1, 0.15) is 30.1 Å². The van der Waals surface area contributed by atoms with Gasteiger partial charge in [-0.3, -0.25) is 0 Å². The summed E-state index contributed by atoms with van der Waals surface area (Å²) in [5, 5.41) is 3.95. The fraction of sp³-hybridized carbons (Fsp3) is 0.364. The number of nitrogens with zero attached hydrogens (tertiary/aromatic N) is 1. The Morgan fingerprint density at radius 1 is 1.19 bits per heavy atom. The van der Waals surface area contributed by atoms with Crippen LogP contribution in [0.3, 0.4) is 0 Å². The maximum Gasteiger partial charge on any atom is 0.0820 e. The van der Waals surface area contributed by atoms with Crippen LogP contribution in [0.25, 0.3) is 5.32 Å². The zero-order valence-corrected chi connectivity index (χ0v) is 14.2. The molecule has 0 saturated heterocycles. The first-order valence-electron chi connectivity index (χ1n) is 4.61. The van der Waals surface area contributed by atoms with Gasteiger partial charge in [-0.15, -0.1) is 6.54 Å². The zero-order valence-electron chi connectivity index (χ0n) is 9.12. The van der Waals surface area contributed by atoms with Crippen LogP contribution in [-0.2, 0) is 25.8 Å². The SMILES string of the molecule is CCCC[N-]C(=O)c1ccccc1.[Cl-].[Cl-].[Hf]. The number of halogens is 2. The van der Waals surface area contributed by atoms with Crippen LogP contribution in [0.5, 0.6) is 0 Å². The Bertz CT molecular complexity index is 270. The summed E-state index contributed by atoms with van der Waals surface area (Å²) >= 11 is 0. The Hall–Kier alpha value is 0.140. The van der Waals surface area contributed by atoms with Gasteiger partial charge in [0.15, 0.2) is 0 Å². The molecule has 0 N–H and O–H groups in total. The molecular weight excluding hydrogens is 412 g/mol. The molecule has 0 saturated carbocycles. The first-order valence-corrected chi connectivity index (χ1v) is 4.61. The van der Waals surface area contributed by atoms with Crippen molar-refractivity contribution in [3.63, 3.8) is 0 Å². The van der Waals surface area contributed by atoms with Crippen molar-refractivity contribution in [2.75, 3.05) is 6.54 Å². The number of hydrogen-bond donors (Lipinski definition) is 0. The molecule has 5 heteroatoms. The maximum atomic E-state index is 11.4. The van der Waals surface area contributed by atoms with Crippen molar-refractivity contribution in [2.24, 2.45) is 0 Å². The van der Waals surface area contributed by atoms with Gasteiger partial charge in [-0.2, -0.15) is 0 Å². The monoisotopic (exact) mass is 426 g/mol. The van der Waals surface area contributed by atoms with E-state index in [1.54, 1.807) is 12.1 Å². The molecule has 0 unspecified atom stereocenters. The molecule has 0 aromatic heterocycles. The van der Waals surface area contributed by atoms with Crippen LogP contribution in [0.2, 0.25) is 0 Å². The molecule has 0 atom stereocenters. The Morgan fingerprint density at radius 3 is 2.25 bits per heavy atom. The second-order valence-corrected chi connectivity index (χ2v) is 2.91. The molecule has 0 heterocycles. The molecule has 0 radical (unpaired) electrons. The van der Waals surface area contributed by atoms with Gasteiger partial charge < -0.3 is 34.9 Å². The standard InChI is InChI=1S/C11H15NO.2ClH.Hf/c1-2-3-9-12-11(13)10-7-5-4-6-8-10;;;/h4-8H,2-3,9H2,1H3,(H,12,13);2*1H;/p-3. The number of carbonyl (C=O) groups excluding carboxylic acids is 1. The molecule has 1 amide bonds. The predicted octanol–water partition coefficient (Wildman–Crippen LogP) is -2.99. The van der Waals surface area contributed by atoms with Crippen LogP contribution >= 0.6 is 0 Å². The number of rotatable bonds is 4. The molecule has 1 aromatic carbocycles. The molecular formula is C11H14Cl2HfNO-3. The number of amides is 1. The smallest absolute Gasteiger partial charge is 0.0820 e. The summed E-state index contributed by atoms with van der Waals surface area (Å²) in [5.74, 6) is -0.103. The minimum absolute atomic E-state index is 0. The van der Waals surface area contributed by atoms with Gasteiger partial charge in [0.25, 0.3) is 0 Å². The van der Waals surface area contributed by atoms with E-state index in [0.29, 0.717) is 12.1 Å². The van der Waals surface area contributed by atoms with Gasteiger partial charge in [-0.1, -0.05) is 50.1 Å². The second-order valence-electron chi connectivity index (χ2n) is 2.91. The van der Waals surface area contributed by atoms with Gasteiger partial charge in [-0.05, 0) is 5.56 Å². The molecule has 0 fully saturated rings. The van der Waals surface area contributed by atoms with Crippen molar-refractivity contribution in [2.45, 2.75) is 19.8 Å². The topological polar surface area (TPSA) is 31.2 Å². The van der Waals surface area contributed by atoms with Crippen LogP contribution in [0.15, 0.2) is 30.3 Å². The fourth-order valence-corrected chi connectivity index (χ4v) is 1.01. The molecule has 0 aliphatic heterocycles. The van der Waals surface area contributed by atoms with Crippen molar-refractivity contribution in [3.8, 4) is 0 Å². The first kappa shape index (κ1) is 21.4. The van der Waals surface area contributed by atoms with Crippen molar-refractivity contribution < 1.29 is 55.5 Å². The summed E-state index contributed by atoms with van der Waals surface area (Å²) in [7, 11) is 0. The van der Waals surface area contributed by atoms with E-state index in [-0.39, 0.29) is 56.6 Å². The number of unbranched alkanes of at least 4 members (excludes halogenated alkanes) is 1. The summed E-state index contributed by atoms with van der Waals surface area (Å²) in [6, 6.07) is 9.17. The average molecular weight is 426 g/mol. The third-order valence-electron chi connectivity index (χ3n) is 1.79. The summed E-state index contributed by atoms with van der Waals surface area (Å²) in [6.45, 7) is 2.73.